The minimum atomic E-state index is 0.888. The second kappa shape index (κ2) is 6.35. The molecule has 0 aliphatic rings. The van der Waals surface area contributed by atoms with Gasteiger partial charge in [0.1, 0.15) is 12.4 Å². The largest absolute Gasteiger partial charge is 0.338 e. The van der Waals surface area contributed by atoms with E-state index in [2.05, 4.69) is 52.1 Å². The van der Waals surface area contributed by atoms with Gasteiger partial charge in [-0.1, -0.05) is 31.6 Å². The van der Waals surface area contributed by atoms with Gasteiger partial charge in [-0.2, -0.15) is 0 Å². The summed E-state index contributed by atoms with van der Waals surface area (Å²) < 4.78 is 2.22. The first kappa shape index (κ1) is 13.6. The van der Waals surface area contributed by atoms with Gasteiger partial charge in [-0.15, -0.1) is 0 Å². The molecule has 2 heterocycles. The smallest absolute Gasteiger partial charge is 0.169 e. The van der Waals surface area contributed by atoms with Crippen LogP contribution in [0.3, 0.4) is 0 Å². The van der Waals surface area contributed by atoms with Gasteiger partial charge in [0.25, 0.3) is 0 Å². The Morgan fingerprint density at radius 1 is 1.10 bits per heavy atom. The van der Waals surface area contributed by atoms with Crippen molar-refractivity contribution in [1.29, 1.82) is 0 Å². The number of aryl methyl sites for hydroxylation is 1. The number of hydrogen-bond acceptors (Lipinski definition) is 1. The van der Waals surface area contributed by atoms with Gasteiger partial charge in [-0.25, -0.2) is 9.55 Å². The Kier molecular flexibility index (Phi) is 4.10. The number of pyridine rings is 1. The first-order valence-electron chi connectivity index (χ1n) is 7.47. The monoisotopic (exact) mass is 278 g/mol. The Morgan fingerprint density at radius 3 is 2.67 bits per heavy atom. The number of aromatic amines is 1. The number of rotatable bonds is 5. The standard InChI is InChI=1S/C18H19N3/c1-2-3-12-21-13-10-15(11-14-21)8-9-18-19-16-6-4-5-7-17(16)20-18/h4-11,13-14H,2-3,12H2,1H3/p+1. The van der Waals surface area contributed by atoms with Crippen LogP contribution in [0.5, 0.6) is 0 Å². The third kappa shape index (κ3) is 3.37. The average molecular weight is 278 g/mol. The first-order chi connectivity index (χ1) is 10.3. The maximum Gasteiger partial charge on any atom is 0.169 e. The van der Waals surface area contributed by atoms with Crippen molar-refractivity contribution < 1.29 is 4.57 Å². The molecule has 0 radical (unpaired) electrons. The van der Waals surface area contributed by atoms with Crippen molar-refractivity contribution in [3.63, 3.8) is 0 Å². The summed E-state index contributed by atoms with van der Waals surface area (Å²) in [6, 6.07) is 12.3. The van der Waals surface area contributed by atoms with E-state index in [4.69, 9.17) is 0 Å². The van der Waals surface area contributed by atoms with Gasteiger partial charge >= 0.3 is 0 Å². The summed E-state index contributed by atoms with van der Waals surface area (Å²) in [5.41, 5.74) is 3.26. The highest BCUT2D eigenvalue weighted by Crippen LogP contribution is 2.12. The highest BCUT2D eigenvalue weighted by atomic mass is 14.9. The molecule has 0 unspecified atom stereocenters. The summed E-state index contributed by atoms with van der Waals surface area (Å²) in [7, 11) is 0. The Hall–Kier alpha value is -2.42. The number of fused-ring (bicyclic) bond motifs is 1. The van der Waals surface area contributed by atoms with Crippen LogP contribution in [0.2, 0.25) is 0 Å². The first-order valence-corrected chi connectivity index (χ1v) is 7.47. The molecule has 0 amide bonds. The van der Waals surface area contributed by atoms with E-state index in [0.29, 0.717) is 0 Å². The number of aromatic nitrogens is 3. The third-order valence-corrected chi connectivity index (χ3v) is 3.53. The fraction of sp³-hybridized carbons (Fsp3) is 0.222. The van der Waals surface area contributed by atoms with Crippen molar-refractivity contribution in [2.75, 3.05) is 0 Å². The van der Waals surface area contributed by atoms with Crippen LogP contribution in [-0.2, 0) is 6.54 Å². The van der Waals surface area contributed by atoms with Gasteiger partial charge in [0.05, 0.1) is 11.0 Å². The summed E-state index contributed by atoms with van der Waals surface area (Å²) in [5.74, 6) is 0.888. The molecule has 2 aromatic heterocycles. The molecular formula is C18H20N3+. The fourth-order valence-electron chi connectivity index (χ4n) is 2.30. The van der Waals surface area contributed by atoms with Crippen LogP contribution in [0.15, 0.2) is 48.8 Å². The van der Waals surface area contributed by atoms with Crippen LogP contribution in [0.25, 0.3) is 23.2 Å². The van der Waals surface area contributed by atoms with Crippen LogP contribution in [0.4, 0.5) is 0 Å². The maximum absolute atomic E-state index is 4.54. The van der Waals surface area contributed by atoms with E-state index >= 15 is 0 Å². The summed E-state index contributed by atoms with van der Waals surface area (Å²) in [6.45, 7) is 3.30. The molecule has 21 heavy (non-hydrogen) atoms. The van der Waals surface area contributed by atoms with Crippen molar-refractivity contribution in [3.8, 4) is 0 Å². The number of hydrogen-bond donors (Lipinski definition) is 1. The van der Waals surface area contributed by atoms with Crippen LogP contribution in [0.1, 0.15) is 31.2 Å². The molecule has 3 nitrogen and oxygen atoms in total. The van der Waals surface area contributed by atoms with Gasteiger partial charge in [-0.3, -0.25) is 0 Å². The third-order valence-electron chi connectivity index (χ3n) is 3.53. The van der Waals surface area contributed by atoms with Gasteiger partial charge in [0, 0.05) is 18.6 Å². The molecule has 1 aromatic carbocycles. The highest BCUT2D eigenvalue weighted by molar-refractivity contribution is 5.78. The molecule has 3 rings (SSSR count). The Morgan fingerprint density at radius 2 is 1.90 bits per heavy atom. The normalized spacial score (nSPS) is 11.5. The van der Waals surface area contributed by atoms with Crippen molar-refractivity contribution in [3.05, 3.63) is 60.2 Å². The quantitative estimate of drug-likeness (QED) is 0.707. The molecule has 0 atom stereocenters. The second-order valence-electron chi connectivity index (χ2n) is 5.20. The molecule has 0 fully saturated rings. The van der Waals surface area contributed by atoms with Gasteiger partial charge in [-0.05, 0) is 23.8 Å². The zero-order valence-electron chi connectivity index (χ0n) is 12.3. The molecular weight excluding hydrogens is 258 g/mol. The molecule has 106 valence electrons. The average Bonchev–Trinajstić information content (AvgIpc) is 2.95. The molecule has 3 heteroatoms. The minimum absolute atomic E-state index is 0.888. The van der Waals surface area contributed by atoms with Crippen LogP contribution < -0.4 is 4.57 Å². The predicted octanol–water partition coefficient (Wildman–Crippen LogP) is 3.82. The number of nitrogens with one attached hydrogen (secondary N) is 1. The lowest BCUT2D eigenvalue weighted by Crippen LogP contribution is -2.32. The van der Waals surface area contributed by atoms with E-state index in [1.54, 1.807) is 0 Å². The van der Waals surface area contributed by atoms with Crippen molar-refractivity contribution in [1.82, 2.24) is 9.97 Å². The van der Waals surface area contributed by atoms with Crippen LogP contribution in [0, 0.1) is 0 Å². The summed E-state index contributed by atoms with van der Waals surface area (Å²) in [6.07, 6.45) is 10.8. The summed E-state index contributed by atoms with van der Waals surface area (Å²) in [5, 5.41) is 0. The van der Waals surface area contributed by atoms with E-state index in [1.165, 1.54) is 18.4 Å². The zero-order chi connectivity index (χ0) is 14.5. The summed E-state index contributed by atoms with van der Waals surface area (Å²) in [4.78, 5) is 7.84. The lowest BCUT2D eigenvalue weighted by atomic mass is 10.2. The maximum atomic E-state index is 4.54. The van der Waals surface area contributed by atoms with Crippen LogP contribution >= 0.6 is 0 Å². The SMILES string of the molecule is CCCC[n+]1ccc(/C=C/c2nc3ccccc3[nH]2)cc1. The second-order valence-corrected chi connectivity index (χ2v) is 5.20. The zero-order valence-corrected chi connectivity index (χ0v) is 12.3. The number of H-pyrrole nitrogens is 1. The molecule has 0 aliphatic heterocycles. The van der Waals surface area contributed by atoms with Crippen molar-refractivity contribution in [2.24, 2.45) is 0 Å². The Bertz CT molecular complexity index is 706. The van der Waals surface area contributed by atoms with Crippen LogP contribution in [-0.4, -0.2) is 9.97 Å². The Labute approximate surface area is 125 Å². The van der Waals surface area contributed by atoms with Gasteiger partial charge in [0.2, 0.25) is 0 Å². The number of para-hydroxylation sites is 2. The number of unbranched alkanes of at least 4 members (excludes halogenated alkanes) is 1. The van der Waals surface area contributed by atoms with Gasteiger partial charge in [0.15, 0.2) is 12.4 Å². The summed E-state index contributed by atoms with van der Waals surface area (Å²) >= 11 is 0. The lowest BCUT2D eigenvalue weighted by molar-refractivity contribution is -0.697. The van der Waals surface area contributed by atoms with Gasteiger partial charge < -0.3 is 4.98 Å². The molecule has 0 saturated carbocycles. The number of benzene rings is 1. The molecule has 0 spiro atoms. The fourth-order valence-corrected chi connectivity index (χ4v) is 2.30. The molecule has 1 N–H and O–H groups in total. The number of nitrogens with zero attached hydrogens (tertiary/aromatic N) is 2. The highest BCUT2D eigenvalue weighted by Gasteiger charge is 2.00. The van der Waals surface area contributed by atoms with E-state index in [0.717, 1.165) is 23.4 Å². The van der Waals surface area contributed by atoms with E-state index in [-0.39, 0.29) is 0 Å². The Balaban J connectivity index is 1.73. The number of imidazole rings is 1. The van der Waals surface area contributed by atoms with Crippen molar-refractivity contribution >= 4 is 23.2 Å². The van der Waals surface area contributed by atoms with Crippen molar-refractivity contribution in [2.45, 2.75) is 26.3 Å². The topological polar surface area (TPSA) is 32.6 Å². The van der Waals surface area contributed by atoms with E-state index in [1.807, 2.05) is 30.3 Å². The predicted molar refractivity (Wildman–Crippen MR) is 86.6 cm³/mol. The molecule has 0 aliphatic carbocycles. The molecule has 0 saturated heterocycles. The molecule has 0 bridgehead atoms. The minimum Gasteiger partial charge on any atom is -0.338 e. The molecule has 3 aromatic rings. The van der Waals surface area contributed by atoms with E-state index in [9.17, 15) is 0 Å². The lowest BCUT2D eigenvalue weighted by Gasteiger charge is -1.95. The van der Waals surface area contributed by atoms with E-state index < -0.39 is 0 Å².